The summed E-state index contributed by atoms with van der Waals surface area (Å²) in [5.74, 6) is -1.10. The molecule has 0 saturated carbocycles. The minimum absolute atomic E-state index is 0.00724. The number of halogens is 2. The predicted molar refractivity (Wildman–Crippen MR) is 73.5 cm³/mol. The van der Waals surface area contributed by atoms with Gasteiger partial charge in [0.2, 0.25) is 0 Å². The van der Waals surface area contributed by atoms with Gasteiger partial charge in [0.15, 0.2) is 0 Å². The maximum absolute atomic E-state index is 14.1. The van der Waals surface area contributed by atoms with E-state index in [0.717, 1.165) is 0 Å². The van der Waals surface area contributed by atoms with Crippen LogP contribution in [-0.4, -0.2) is 32.8 Å². The Morgan fingerprint density at radius 2 is 1.84 bits per heavy atom. The van der Waals surface area contributed by atoms with Gasteiger partial charge in [0.25, 0.3) is 0 Å². The van der Waals surface area contributed by atoms with Crippen LogP contribution in [0.1, 0.15) is 19.4 Å². The summed E-state index contributed by atoms with van der Waals surface area (Å²) in [6.45, 7) is 5.01. The lowest BCUT2D eigenvalue weighted by atomic mass is 10.1. The van der Waals surface area contributed by atoms with Crippen molar-refractivity contribution < 1.29 is 13.5 Å². The van der Waals surface area contributed by atoms with Gasteiger partial charge in [-0.15, -0.1) is 0 Å². The Balaban J connectivity index is 3.08. The van der Waals surface area contributed by atoms with Gasteiger partial charge in [-0.1, -0.05) is 0 Å². The molecule has 0 aromatic heterocycles. The molecule has 5 heteroatoms. The third kappa shape index (κ3) is 4.14. The zero-order chi connectivity index (χ0) is 14.4. The van der Waals surface area contributed by atoms with E-state index in [-0.39, 0.29) is 11.7 Å². The number of ether oxygens (including phenoxy) is 1. The molecule has 1 aromatic rings. The summed E-state index contributed by atoms with van der Waals surface area (Å²) in [7, 11) is 1.57. The van der Waals surface area contributed by atoms with Crippen molar-refractivity contribution in [1.82, 2.24) is 0 Å². The number of anilines is 1. The second-order valence-electron chi connectivity index (χ2n) is 4.73. The van der Waals surface area contributed by atoms with Gasteiger partial charge in [-0.2, -0.15) is 0 Å². The summed E-state index contributed by atoms with van der Waals surface area (Å²) in [4.78, 5) is 1.67. The van der Waals surface area contributed by atoms with Crippen LogP contribution in [0.2, 0.25) is 0 Å². The van der Waals surface area contributed by atoms with E-state index in [0.29, 0.717) is 31.7 Å². The molecule has 0 aliphatic carbocycles. The first-order valence-electron chi connectivity index (χ1n) is 6.44. The zero-order valence-electron chi connectivity index (χ0n) is 11.7. The van der Waals surface area contributed by atoms with Crippen LogP contribution in [0.15, 0.2) is 12.1 Å². The molecule has 1 rings (SSSR count). The Hall–Kier alpha value is -1.20. The minimum atomic E-state index is -0.548. The minimum Gasteiger partial charge on any atom is -0.383 e. The van der Waals surface area contributed by atoms with Gasteiger partial charge in [0.05, 0.1) is 6.61 Å². The molecule has 0 amide bonds. The summed E-state index contributed by atoms with van der Waals surface area (Å²) in [5.41, 5.74) is 5.99. The van der Waals surface area contributed by atoms with Crippen molar-refractivity contribution in [2.75, 3.05) is 31.7 Å². The average molecular weight is 272 g/mol. The Kier molecular flexibility index (Phi) is 6.18. The molecule has 19 heavy (non-hydrogen) atoms. The van der Waals surface area contributed by atoms with Crippen LogP contribution in [0.25, 0.3) is 0 Å². The van der Waals surface area contributed by atoms with Gasteiger partial charge in [-0.05, 0) is 44.5 Å². The first kappa shape index (κ1) is 15.9. The van der Waals surface area contributed by atoms with E-state index in [9.17, 15) is 8.78 Å². The monoisotopic (exact) mass is 272 g/mol. The highest BCUT2D eigenvalue weighted by atomic mass is 19.1. The van der Waals surface area contributed by atoms with Gasteiger partial charge in [-0.3, -0.25) is 0 Å². The molecule has 2 N–H and O–H groups in total. The highest BCUT2D eigenvalue weighted by Gasteiger charge is 2.20. The quantitative estimate of drug-likeness (QED) is 0.828. The molecule has 0 fully saturated rings. The Morgan fingerprint density at radius 1 is 1.26 bits per heavy atom. The molecule has 3 nitrogen and oxygen atoms in total. The fourth-order valence-electron chi connectivity index (χ4n) is 2.02. The summed E-state index contributed by atoms with van der Waals surface area (Å²) >= 11 is 0. The first-order valence-corrected chi connectivity index (χ1v) is 6.44. The third-order valence-electron chi connectivity index (χ3n) is 2.96. The second-order valence-corrected chi connectivity index (χ2v) is 4.73. The zero-order valence-corrected chi connectivity index (χ0v) is 11.7. The first-order chi connectivity index (χ1) is 9.01. The van der Waals surface area contributed by atoms with Crippen LogP contribution < -0.4 is 10.6 Å². The maximum Gasteiger partial charge on any atom is 0.149 e. The van der Waals surface area contributed by atoms with Crippen LogP contribution in [0.3, 0.4) is 0 Å². The SMILES string of the molecule is COCCN(c1c(F)cc(CCN)cc1F)C(C)C. The summed E-state index contributed by atoms with van der Waals surface area (Å²) in [5, 5.41) is 0. The summed E-state index contributed by atoms with van der Waals surface area (Å²) < 4.78 is 33.2. The molecule has 0 heterocycles. The molecule has 0 unspecified atom stereocenters. The number of methoxy groups -OCH3 is 1. The van der Waals surface area contributed by atoms with Gasteiger partial charge in [0.1, 0.15) is 17.3 Å². The van der Waals surface area contributed by atoms with Gasteiger partial charge >= 0.3 is 0 Å². The second kappa shape index (κ2) is 7.40. The van der Waals surface area contributed by atoms with Crippen molar-refractivity contribution in [2.45, 2.75) is 26.3 Å². The lowest BCUT2D eigenvalue weighted by Gasteiger charge is -2.29. The molecular weight excluding hydrogens is 250 g/mol. The number of hydrogen-bond acceptors (Lipinski definition) is 3. The highest BCUT2D eigenvalue weighted by Crippen LogP contribution is 2.26. The smallest absolute Gasteiger partial charge is 0.149 e. The van der Waals surface area contributed by atoms with Crippen LogP contribution in [0.4, 0.5) is 14.5 Å². The Labute approximate surface area is 113 Å². The fraction of sp³-hybridized carbons (Fsp3) is 0.571. The molecular formula is C14H22F2N2O. The van der Waals surface area contributed by atoms with E-state index in [1.54, 1.807) is 12.0 Å². The van der Waals surface area contributed by atoms with E-state index >= 15 is 0 Å². The van der Waals surface area contributed by atoms with E-state index in [1.165, 1.54) is 12.1 Å². The molecule has 108 valence electrons. The van der Waals surface area contributed by atoms with Crippen LogP contribution in [0, 0.1) is 11.6 Å². The highest BCUT2D eigenvalue weighted by molar-refractivity contribution is 5.51. The molecule has 0 saturated heterocycles. The van der Waals surface area contributed by atoms with Crippen LogP contribution >= 0.6 is 0 Å². The van der Waals surface area contributed by atoms with Crippen molar-refractivity contribution in [3.8, 4) is 0 Å². The van der Waals surface area contributed by atoms with Crippen LogP contribution in [-0.2, 0) is 11.2 Å². The Bertz CT molecular complexity index is 387. The number of benzene rings is 1. The molecule has 0 spiro atoms. The average Bonchev–Trinajstić information content (AvgIpc) is 2.32. The van der Waals surface area contributed by atoms with Crippen molar-refractivity contribution in [1.29, 1.82) is 0 Å². The lowest BCUT2D eigenvalue weighted by Crippen LogP contribution is -2.35. The van der Waals surface area contributed by atoms with Crippen molar-refractivity contribution in [3.05, 3.63) is 29.3 Å². The standard InChI is InChI=1S/C14H22F2N2O/c1-10(2)18(6-7-19-3)14-12(15)8-11(4-5-17)9-13(14)16/h8-10H,4-7,17H2,1-3H3. The van der Waals surface area contributed by atoms with Gasteiger partial charge < -0.3 is 15.4 Å². The summed E-state index contributed by atoms with van der Waals surface area (Å²) in [6.07, 6.45) is 0.466. The molecule has 0 bridgehead atoms. The van der Waals surface area contributed by atoms with Crippen molar-refractivity contribution in [3.63, 3.8) is 0 Å². The van der Waals surface area contributed by atoms with Gasteiger partial charge in [0, 0.05) is 19.7 Å². The molecule has 1 aromatic carbocycles. The number of rotatable bonds is 7. The summed E-state index contributed by atoms with van der Waals surface area (Å²) in [6, 6.07) is 2.69. The van der Waals surface area contributed by atoms with E-state index in [2.05, 4.69) is 0 Å². The molecule has 0 atom stereocenters. The molecule has 0 aliphatic rings. The van der Waals surface area contributed by atoms with Crippen molar-refractivity contribution in [2.24, 2.45) is 5.73 Å². The molecule has 0 radical (unpaired) electrons. The molecule has 0 aliphatic heterocycles. The van der Waals surface area contributed by atoms with E-state index in [4.69, 9.17) is 10.5 Å². The van der Waals surface area contributed by atoms with Gasteiger partial charge in [-0.25, -0.2) is 8.78 Å². The fourth-order valence-corrected chi connectivity index (χ4v) is 2.02. The lowest BCUT2D eigenvalue weighted by molar-refractivity contribution is 0.203. The Morgan fingerprint density at radius 3 is 2.26 bits per heavy atom. The number of hydrogen-bond donors (Lipinski definition) is 1. The normalized spacial score (nSPS) is 11.1. The largest absolute Gasteiger partial charge is 0.383 e. The van der Waals surface area contributed by atoms with E-state index in [1.807, 2.05) is 13.8 Å². The van der Waals surface area contributed by atoms with Crippen molar-refractivity contribution >= 4 is 5.69 Å². The predicted octanol–water partition coefficient (Wildman–Crippen LogP) is 2.33. The number of nitrogens with zero attached hydrogens (tertiary/aromatic N) is 1. The maximum atomic E-state index is 14.1. The topological polar surface area (TPSA) is 38.5 Å². The van der Waals surface area contributed by atoms with Crippen LogP contribution in [0.5, 0.6) is 0 Å². The van der Waals surface area contributed by atoms with E-state index < -0.39 is 11.6 Å². The number of nitrogens with two attached hydrogens (primary N) is 1. The third-order valence-corrected chi connectivity index (χ3v) is 2.96.